The number of hydrogen-bond acceptors (Lipinski definition) is 6. The van der Waals surface area contributed by atoms with Gasteiger partial charge in [-0.2, -0.15) is 0 Å². The van der Waals surface area contributed by atoms with Crippen molar-refractivity contribution in [2.24, 2.45) is 0 Å². The molecular formula is C21H18N4O4. The van der Waals surface area contributed by atoms with Crippen LogP contribution in [0.15, 0.2) is 54.7 Å². The number of nitrogens with zero attached hydrogens (tertiary/aromatic N) is 3. The first-order valence-corrected chi connectivity index (χ1v) is 8.96. The van der Waals surface area contributed by atoms with E-state index in [1.54, 1.807) is 29.1 Å². The van der Waals surface area contributed by atoms with E-state index in [-0.39, 0.29) is 12.6 Å². The second-order valence-corrected chi connectivity index (χ2v) is 6.46. The van der Waals surface area contributed by atoms with Crippen molar-refractivity contribution in [3.05, 3.63) is 71.6 Å². The molecular weight excluding hydrogens is 372 g/mol. The molecule has 29 heavy (non-hydrogen) atoms. The number of rotatable bonds is 6. The molecule has 1 aromatic heterocycles. The van der Waals surface area contributed by atoms with Crippen LogP contribution in [-0.2, 0) is 11.3 Å². The molecule has 0 saturated carbocycles. The molecule has 3 aromatic rings. The number of Topliss-reactive ketones (excluding diaryl/α,β-unsaturated/α-hetero) is 1. The van der Waals surface area contributed by atoms with Crippen molar-refractivity contribution in [1.29, 1.82) is 0 Å². The van der Waals surface area contributed by atoms with Crippen LogP contribution in [-0.4, -0.2) is 33.5 Å². The minimum Gasteiger partial charge on any atom is -0.454 e. The van der Waals surface area contributed by atoms with Crippen molar-refractivity contribution < 1.29 is 19.1 Å². The first kappa shape index (κ1) is 18.4. The number of nitrogens with one attached hydrogen (secondary N) is 1. The van der Waals surface area contributed by atoms with Crippen LogP contribution in [0.25, 0.3) is 6.08 Å². The maximum absolute atomic E-state index is 12.3. The Kier molecular flexibility index (Phi) is 5.07. The Morgan fingerprint density at radius 1 is 1.17 bits per heavy atom. The van der Waals surface area contributed by atoms with Gasteiger partial charge in [0, 0.05) is 17.7 Å². The van der Waals surface area contributed by atoms with Crippen molar-refractivity contribution in [2.75, 3.05) is 12.1 Å². The summed E-state index contributed by atoms with van der Waals surface area (Å²) in [5.41, 5.74) is 2.37. The van der Waals surface area contributed by atoms with Crippen LogP contribution in [0.3, 0.4) is 0 Å². The van der Waals surface area contributed by atoms with Gasteiger partial charge in [-0.15, -0.1) is 5.10 Å². The highest BCUT2D eigenvalue weighted by Gasteiger charge is 2.20. The van der Waals surface area contributed by atoms with Gasteiger partial charge in [0.15, 0.2) is 17.3 Å². The third-order valence-electron chi connectivity index (χ3n) is 4.30. The van der Waals surface area contributed by atoms with Crippen LogP contribution >= 0.6 is 0 Å². The second-order valence-electron chi connectivity index (χ2n) is 6.46. The predicted molar refractivity (Wildman–Crippen MR) is 106 cm³/mol. The van der Waals surface area contributed by atoms with E-state index in [2.05, 4.69) is 15.6 Å². The van der Waals surface area contributed by atoms with Crippen LogP contribution < -0.4 is 14.8 Å². The molecule has 2 aromatic carbocycles. The van der Waals surface area contributed by atoms with E-state index in [9.17, 15) is 9.59 Å². The van der Waals surface area contributed by atoms with Crippen molar-refractivity contribution in [1.82, 2.24) is 15.0 Å². The highest BCUT2D eigenvalue weighted by atomic mass is 16.7. The maximum atomic E-state index is 12.3. The smallest absolute Gasteiger partial charge is 0.248 e. The summed E-state index contributed by atoms with van der Waals surface area (Å²) >= 11 is 0. The highest BCUT2D eigenvalue weighted by Crippen LogP contribution is 2.37. The molecule has 0 unspecified atom stereocenters. The van der Waals surface area contributed by atoms with E-state index in [1.165, 1.54) is 13.0 Å². The summed E-state index contributed by atoms with van der Waals surface area (Å²) in [7, 11) is 0. The van der Waals surface area contributed by atoms with Gasteiger partial charge >= 0.3 is 0 Å². The monoisotopic (exact) mass is 390 g/mol. The van der Waals surface area contributed by atoms with Crippen molar-refractivity contribution in [3.63, 3.8) is 0 Å². The van der Waals surface area contributed by atoms with Gasteiger partial charge in [-0.3, -0.25) is 9.59 Å². The summed E-state index contributed by atoms with van der Waals surface area (Å²) in [4.78, 5) is 24.2. The van der Waals surface area contributed by atoms with Crippen LogP contribution in [0.4, 0.5) is 5.69 Å². The Morgan fingerprint density at radius 3 is 2.69 bits per heavy atom. The number of anilines is 1. The zero-order valence-electron chi connectivity index (χ0n) is 15.7. The zero-order valence-corrected chi connectivity index (χ0v) is 15.7. The molecule has 0 spiro atoms. The normalized spacial score (nSPS) is 12.3. The molecule has 1 aliphatic heterocycles. The molecule has 0 atom stereocenters. The van der Waals surface area contributed by atoms with Crippen molar-refractivity contribution in [3.8, 4) is 11.5 Å². The summed E-state index contributed by atoms with van der Waals surface area (Å²) in [6, 6.07) is 13.0. The molecule has 1 aliphatic rings. The van der Waals surface area contributed by atoms with Gasteiger partial charge in [-0.25, -0.2) is 4.68 Å². The predicted octanol–water partition coefficient (Wildman–Crippen LogP) is 2.91. The number of carbonyl (C=O) groups is 2. The van der Waals surface area contributed by atoms with E-state index in [0.717, 1.165) is 5.56 Å². The van der Waals surface area contributed by atoms with E-state index >= 15 is 0 Å². The number of hydrogen-bond donors (Lipinski definition) is 1. The van der Waals surface area contributed by atoms with Crippen LogP contribution in [0.2, 0.25) is 0 Å². The van der Waals surface area contributed by atoms with E-state index in [0.29, 0.717) is 35.0 Å². The van der Waals surface area contributed by atoms with E-state index in [4.69, 9.17) is 9.47 Å². The van der Waals surface area contributed by atoms with Gasteiger partial charge in [0.25, 0.3) is 0 Å². The Morgan fingerprint density at radius 2 is 1.93 bits per heavy atom. The Labute approximate surface area is 166 Å². The topological polar surface area (TPSA) is 95.3 Å². The molecule has 8 heteroatoms. The third-order valence-corrected chi connectivity index (χ3v) is 4.30. The fraction of sp³-hybridized carbons (Fsp3) is 0.143. The second kappa shape index (κ2) is 7.97. The molecule has 0 fully saturated rings. The summed E-state index contributed by atoms with van der Waals surface area (Å²) in [6.45, 7) is 2.10. The summed E-state index contributed by atoms with van der Waals surface area (Å²) in [5, 5.41) is 10.8. The largest absolute Gasteiger partial charge is 0.454 e. The molecule has 4 rings (SSSR count). The molecule has 146 valence electrons. The first-order chi connectivity index (χ1) is 14.1. The van der Waals surface area contributed by atoms with Gasteiger partial charge in [0.1, 0.15) is 5.69 Å². The van der Waals surface area contributed by atoms with Gasteiger partial charge < -0.3 is 14.8 Å². The molecule has 0 aliphatic carbocycles. The number of aromatic nitrogens is 3. The third kappa shape index (κ3) is 4.32. The molecule has 1 amide bonds. The number of carbonyl (C=O) groups excluding carboxylic acids is 2. The summed E-state index contributed by atoms with van der Waals surface area (Å²) in [6.07, 6.45) is 4.65. The number of ether oxygens (including phenoxy) is 2. The molecule has 1 N–H and O–H groups in total. The highest BCUT2D eigenvalue weighted by molar-refractivity contribution is 6.08. The summed E-state index contributed by atoms with van der Waals surface area (Å²) in [5.74, 6) is 0.382. The van der Waals surface area contributed by atoms with Gasteiger partial charge in [-0.05, 0) is 24.6 Å². The Hall–Kier alpha value is -3.94. The minimum atomic E-state index is -0.399. The molecule has 2 heterocycles. The fourth-order valence-electron chi connectivity index (χ4n) is 2.91. The SMILES string of the molecule is CC(=O)c1cc2c(cc1NC(=O)/C=C/c1cn(Cc3ccccc3)nn1)OCO2. The van der Waals surface area contributed by atoms with E-state index in [1.807, 2.05) is 30.3 Å². The lowest BCUT2D eigenvalue weighted by Crippen LogP contribution is -2.11. The number of benzene rings is 2. The lowest BCUT2D eigenvalue weighted by molar-refractivity contribution is -0.111. The number of fused-ring (bicyclic) bond motifs is 1. The lowest BCUT2D eigenvalue weighted by atomic mass is 10.1. The minimum absolute atomic E-state index is 0.0859. The Balaban J connectivity index is 1.44. The van der Waals surface area contributed by atoms with Crippen LogP contribution in [0.5, 0.6) is 11.5 Å². The standard InChI is InChI=1S/C21H18N4O4/c1-14(26)17-9-19-20(29-13-28-19)10-18(17)22-21(27)8-7-16-12-25(24-23-16)11-15-5-3-2-4-6-15/h2-10,12H,11,13H2,1H3,(H,22,27)/b8-7+. The Bertz CT molecular complexity index is 1090. The summed E-state index contributed by atoms with van der Waals surface area (Å²) < 4.78 is 12.3. The molecule has 0 saturated heterocycles. The average molecular weight is 390 g/mol. The first-order valence-electron chi connectivity index (χ1n) is 8.96. The van der Waals surface area contributed by atoms with Gasteiger partial charge in [0.2, 0.25) is 12.7 Å². The van der Waals surface area contributed by atoms with Crippen molar-refractivity contribution >= 4 is 23.5 Å². The van der Waals surface area contributed by atoms with Gasteiger partial charge in [0.05, 0.1) is 18.4 Å². The van der Waals surface area contributed by atoms with E-state index < -0.39 is 5.91 Å². The fourth-order valence-corrected chi connectivity index (χ4v) is 2.91. The lowest BCUT2D eigenvalue weighted by Gasteiger charge is -2.09. The van der Waals surface area contributed by atoms with Crippen LogP contribution in [0.1, 0.15) is 28.5 Å². The maximum Gasteiger partial charge on any atom is 0.248 e. The van der Waals surface area contributed by atoms with Crippen LogP contribution in [0, 0.1) is 0 Å². The molecule has 0 bridgehead atoms. The zero-order chi connectivity index (χ0) is 20.2. The number of ketones is 1. The van der Waals surface area contributed by atoms with Gasteiger partial charge in [-0.1, -0.05) is 35.5 Å². The molecule has 8 nitrogen and oxygen atoms in total. The van der Waals surface area contributed by atoms with Crippen molar-refractivity contribution in [2.45, 2.75) is 13.5 Å². The molecule has 0 radical (unpaired) electrons. The average Bonchev–Trinajstić information content (AvgIpc) is 3.35. The number of amides is 1. The quantitative estimate of drug-likeness (QED) is 0.514.